The number of hydrogen-bond donors (Lipinski definition) is 1. The van der Waals surface area contributed by atoms with Gasteiger partial charge in [0, 0.05) is 18.2 Å². The standard InChI is InChI=1S/C15H14FN3O5/c16-9-3-8(18-5-11(14(17)21)24-15(18)22)4-10-13(9)19(7-1-2-7)12(20)6-23-10/h3-4,7,11H,1-2,5-6H2,(H2,17,21). The predicted octanol–water partition coefficient (Wildman–Crippen LogP) is 0.524. The molecule has 2 N–H and O–H groups in total. The Morgan fingerprint density at radius 3 is 2.67 bits per heavy atom. The summed E-state index contributed by atoms with van der Waals surface area (Å²) >= 11 is 0. The van der Waals surface area contributed by atoms with Crippen molar-refractivity contribution in [3.8, 4) is 5.75 Å². The van der Waals surface area contributed by atoms with Crippen LogP contribution in [-0.2, 0) is 14.3 Å². The van der Waals surface area contributed by atoms with Gasteiger partial charge in [0.1, 0.15) is 11.4 Å². The van der Waals surface area contributed by atoms with Gasteiger partial charge in [-0.25, -0.2) is 9.18 Å². The van der Waals surface area contributed by atoms with Gasteiger partial charge in [0.2, 0.25) is 0 Å². The van der Waals surface area contributed by atoms with E-state index >= 15 is 0 Å². The molecule has 1 unspecified atom stereocenters. The van der Waals surface area contributed by atoms with Crippen LogP contribution in [0.1, 0.15) is 12.8 Å². The first-order valence-electron chi connectivity index (χ1n) is 7.51. The molecule has 4 rings (SSSR count). The van der Waals surface area contributed by atoms with Crippen LogP contribution in [0.2, 0.25) is 0 Å². The van der Waals surface area contributed by atoms with Crippen LogP contribution in [0.4, 0.5) is 20.6 Å². The van der Waals surface area contributed by atoms with Crippen molar-refractivity contribution in [2.75, 3.05) is 23.0 Å². The number of rotatable bonds is 3. The molecule has 126 valence electrons. The van der Waals surface area contributed by atoms with Crippen molar-refractivity contribution in [3.05, 3.63) is 17.9 Å². The van der Waals surface area contributed by atoms with Crippen LogP contribution in [0.25, 0.3) is 0 Å². The molecule has 0 spiro atoms. The van der Waals surface area contributed by atoms with E-state index in [1.54, 1.807) is 0 Å². The van der Waals surface area contributed by atoms with Gasteiger partial charge in [-0.15, -0.1) is 0 Å². The molecule has 3 amide bonds. The fourth-order valence-electron chi connectivity index (χ4n) is 2.93. The molecular formula is C15H14FN3O5. The zero-order valence-corrected chi connectivity index (χ0v) is 12.5. The highest BCUT2D eigenvalue weighted by molar-refractivity contribution is 6.00. The molecule has 2 aliphatic heterocycles. The maximum absolute atomic E-state index is 14.6. The summed E-state index contributed by atoms with van der Waals surface area (Å²) in [7, 11) is 0. The second-order valence-electron chi connectivity index (χ2n) is 5.94. The van der Waals surface area contributed by atoms with E-state index in [2.05, 4.69) is 0 Å². The van der Waals surface area contributed by atoms with Crippen LogP contribution in [0, 0.1) is 5.82 Å². The maximum Gasteiger partial charge on any atom is 0.415 e. The number of cyclic esters (lactones) is 1. The van der Waals surface area contributed by atoms with Gasteiger partial charge in [0.15, 0.2) is 18.5 Å². The summed E-state index contributed by atoms with van der Waals surface area (Å²) in [5.41, 5.74) is 5.41. The SMILES string of the molecule is NC(=O)C1CN(c2cc(F)c3c(c2)OCC(=O)N3C2CC2)C(=O)O1. The first kappa shape index (κ1) is 14.7. The monoisotopic (exact) mass is 335 g/mol. The summed E-state index contributed by atoms with van der Waals surface area (Å²) in [6, 6.07) is 2.59. The van der Waals surface area contributed by atoms with Crippen LogP contribution in [0.5, 0.6) is 5.75 Å². The quantitative estimate of drug-likeness (QED) is 0.868. The number of primary amides is 1. The van der Waals surface area contributed by atoms with E-state index in [0.29, 0.717) is 0 Å². The van der Waals surface area contributed by atoms with Crippen molar-refractivity contribution in [1.29, 1.82) is 0 Å². The topological polar surface area (TPSA) is 102 Å². The molecule has 0 bridgehead atoms. The number of benzene rings is 1. The third-order valence-electron chi connectivity index (χ3n) is 4.23. The normalized spacial score (nSPS) is 23.0. The third kappa shape index (κ3) is 2.24. The molecule has 1 atom stereocenters. The lowest BCUT2D eigenvalue weighted by molar-refractivity contribution is -0.124. The van der Waals surface area contributed by atoms with Gasteiger partial charge in [-0.2, -0.15) is 0 Å². The van der Waals surface area contributed by atoms with E-state index in [1.807, 2.05) is 0 Å². The Balaban J connectivity index is 1.70. The molecule has 1 saturated heterocycles. The van der Waals surface area contributed by atoms with E-state index in [9.17, 15) is 18.8 Å². The van der Waals surface area contributed by atoms with Crippen LogP contribution in [0.15, 0.2) is 12.1 Å². The Labute approximate surface area is 135 Å². The molecule has 2 heterocycles. The summed E-state index contributed by atoms with van der Waals surface area (Å²) < 4.78 is 24.8. The number of ether oxygens (including phenoxy) is 2. The summed E-state index contributed by atoms with van der Waals surface area (Å²) in [6.07, 6.45) is -0.220. The number of anilines is 2. The zero-order valence-electron chi connectivity index (χ0n) is 12.5. The van der Waals surface area contributed by atoms with E-state index < -0.39 is 23.9 Å². The number of nitrogens with two attached hydrogens (primary N) is 1. The highest BCUT2D eigenvalue weighted by atomic mass is 19.1. The van der Waals surface area contributed by atoms with Crippen LogP contribution >= 0.6 is 0 Å². The van der Waals surface area contributed by atoms with E-state index in [4.69, 9.17) is 15.2 Å². The first-order valence-corrected chi connectivity index (χ1v) is 7.51. The van der Waals surface area contributed by atoms with Gasteiger partial charge in [0.25, 0.3) is 11.8 Å². The lowest BCUT2D eigenvalue weighted by atomic mass is 10.1. The van der Waals surface area contributed by atoms with Gasteiger partial charge >= 0.3 is 6.09 Å². The number of fused-ring (bicyclic) bond motifs is 1. The number of halogens is 1. The van der Waals surface area contributed by atoms with Crippen LogP contribution in [-0.4, -0.2) is 43.2 Å². The minimum Gasteiger partial charge on any atom is -0.481 e. The lowest BCUT2D eigenvalue weighted by Gasteiger charge is -2.30. The number of carbonyl (C=O) groups is 3. The molecule has 1 aliphatic carbocycles. The minimum atomic E-state index is -1.08. The fraction of sp³-hybridized carbons (Fsp3) is 0.400. The summed E-state index contributed by atoms with van der Waals surface area (Å²) in [6.45, 7) is -0.279. The Morgan fingerprint density at radius 1 is 1.29 bits per heavy atom. The molecule has 3 aliphatic rings. The first-order chi connectivity index (χ1) is 11.5. The summed E-state index contributed by atoms with van der Waals surface area (Å²) in [5.74, 6) is -1.54. The Kier molecular flexibility index (Phi) is 3.12. The molecule has 0 radical (unpaired) electrons. The van der Waals surface area contributed by atoms with Gasteiger partial charge < -0.3 is 20.1 Å². The Bertz CT molecular complexity index is 764. The van der Waals surface area contributed by atoms with Gasteiger partial charge in [-0.1, -0.05) is 0 Å². The molecule has 1 saturated carbocycles. The van der Waals surface area contributed by atoms with Crippen LogP contribution in [0.3, 0.4) is 0 Å². The van der Waals surface area contributed by atoms with Crippen molar-refractivity contribution in [3.63, 3.8) is 0 Å². The van der Waals surface area contributed by atoms with Crippen molar-refractivity contribution in [2.24, 2.45) is 5.73 Å². The smallest absolute Gasteiger partial charge is 0.415 e. The van der Waals surface area contributed by atoms with Crippen molar-refractivity contribution in [1.82, 2.24) is 0 Å². The average molecular weight is 335 g/mol. The summed E-state index contributed by atoms with van der Waals surface area (Å²) in [5, 5.41) is 0. The fourth-order valence-corrected chi connectivity index (χ4v) is 2.93. The Hall–Kier alpha value is -2.84. The predicted molar refractivity (Wildman–Crippen MR) is 79.2 cm³/mol. The lowest BCUT2D eigenvalue weighted by Crippen LogP contribution is -2.41. The highest BCUT2D eigenvalue weighted by Gasteiger charge is 2.41. The van der Waals surface area contributed by atoms with Gasteiger partial charge in [-0.3, -0.25) is 14.5 Å². The molecule has 2 fully saturated rings. The van der Waals surface area contributed by atoms with Gasteiger partial charge in [-0.05, 0) is 12.8 Å². The maximum atomic E-state index is 14.6. The number of amides is 3. The van der Waals surface area contributed by atoms with Gasteiger partial charge in [0.05, 0.1) is 12.2 Å². The van der Waals surface area contributed by atoms with E-state index in [-0.39, 0.29) is 42.2 Å². The molecule has 9 heteroatoms. The third-order valence-corrected chi connectivity index (χ3v) is 4.23. The van der Waals surface area contributed by atoms with Crippen molar-refractivity contribution >= 4 is 29.3 Å². The second kappa shape index (κ2) is 5.08. The molecule has 8 nitrogen and oxygen atoms in total. The number of nitrogens with zero attached hydrogens (tertiary/aromatic N) is 2. The second-order valence-corrected chi connectivity index (χ2v) is 5.94. The molecule has 24 heavy (non-hydrogen) atoms. The molecular weight excluding hydrogens is 321 g/mol. The molecule has 1 aromatic rings. The van der Waals surface area contributed by atoms with Crippen molar-refractivity contribution < 1.29 is 28.2 Å². The Morgan fingerprint density at radius 2 is 2.04 bits per heavy atom. The molecule has 0 aromatic heterocycles. The number of hydrogen-bond acceptors (Lipinski definition) is 5. The molecule has 1 aromatic carbocycles. The van der Waals surface area contributed by atoms with E-state index in [1.165, 1.54) is 11.0 Å². The van der Waals surface area contributed by atoms with Crippen LogP contribution < -0.4 is 20.3 Å². The number of carbonyl (C=O) groups excluding carboxylic acids is 3. The minimum absolute atomic E-state index is 0.00325. The van der Waals surface area contributed by atoms with Crippen molar-refractivity contribution in [2.45, 2.75) is 25.0 Å². The highest BCUT2D eigenvalue weighted by Crippen LogP contribution is 2.43. The zero-order chi connectivity index (χ0) is 17.0. The largest absolute Gasteiger partial charge is 0.481 e. The van der Waals surface area contributed by atoms with E-state index in [0.717, 1.165) is 23.8 Å². The summed E-state index contributed by atoms with van der Waals surface area (Å²) in [4.78, 5) is 37.6. The average Bonchev–Trinajstić information content (AvgIpc) is 3.28.